The van der Waals surface area contributed by atoms with Crippen LogP contribution in [0.2, 0.25) is 0 Å². The number of pyridine rings is 1. The fraction of sp³-hybridized carbons (Fsp3) is 0.400. The quantitative estimate of drug-likeness (QED) is 0.198. The molecule has 0 fully saturated rings. The van der Waals surface area contributed by atoms with Gasteiger partial charge in [-0.15, -0.1) is 24.0 Å². The Hall–Kier alpha value is -2.28. The molecule has 0 saturated carbocycles. The summed E-state index contributed by atoms with van der Waals surface area (Å²) in [5.74, 6) is 1.16. The number of guanidine groups is 1. The molecule has 0 unspecified atom stereocenters. The van der Waals surface area contributed by atoms with Crippen molar-refractivity contribution in [3.05, 3.63) is 48.2 Å². The van der Waals surface area contributed by atoms with Gasteiger partial charge >= 0.3 is 6.18 Å². The first-order valence-electron chi connectivity index (χ1n) is 9.23. The van der Waals surface area contributed by atoms with E-state index in [1.54, 1.807) is 20.2 Å². The molecule has 0 bridgehead atoms. The van der Waals surface area contributed by atoms with Gasteiger partial charge < -0.3 is 24.8 Å². The summed E-state index contributed by atoms with van der Waals surface area (Å²) >= 11 is 0. The fourth-order valence-corrected chi connectivity index (χ4v) is 2.32. The summed E-state index contributed by atoms with van der Waals surface area (Å²) in [6.07, 6.45) is -2.15. The van der Waals surface area contributed by atoms with Crippen LogP contribution in [0.1, 0.15) is 12.0 Å². The van der Waals surface area contributed by atoms with Crippen LogP contribution in [-0.2, 0) is 11.3 Å². The lowest BCUT2D eigenvalue weighted by molar-refractivity contribution is -0.154. The van der Waals surface area contributed by atoms with E-state index in [0.717, 1.165) is 23.4 Å². The van der Waals surface area contributed by atoms with Crippen molar-refractivity contribution in [2.45, 2.75) is 19.1 Å². The van der Waals surface area contributed by atoms with Crippen LogP contribution in [0, 0.1) is 0 Å². The molecule has 0 spiro atoms. The standard InChI is InChI=1S/C20H25F3N4O3.HI/c1-24-19(27-16-5-3-6-17(11-16)29-10-4-9-28-2)26-13-15-7-8-18(25-12-15)30-14-20(21,22)23;/h3,5-8,11-12H,4,9-10,13-14H2,1-2H3,(H2,24,26,27);1H. The number of benzene rings is 1. The Morgan fingerprint density at radius 1 is 1.13 bits per heavy atom. The Labute approximate surface area is 196 Å². The lowest BCUT2D eigenvalue weighted by Crippen LogP contribution is -2.30. The summed E-state index contributed by atoms with van der Waals surface area (Å²) in [6, 6.07) is 10.5. The van der Waals surface area contributed by atoms with Crippen molar-refractivity contribution in [1.82, 2.24) is 10.3 Å². The number of hydrogen-bond acceptors (Lipinski definition) is 5. The number of hydrogen-bond donors (Lipinski definition) is 2. The molecule has 1 aromatic carbocycles. The topological polar surface area (TPSA) is 77.0 Å². The molecule has 2 aromatic rings. The minimum absolute atomic E-state index is 0. The lowest BCUT2D eigenvalue weighted by Gasteiger charge is -2.13. The predicted molar refractivity (Wildman–Crippen MR) is 123 cm³/mol. The second-order valence-electron chi connectivity index (χ2n) is 6.18. The van der Waals surface area contributed by atoms with Crippen molar-refractivity contribution in [2.75, 3.05) is 39.3 Å². The molecule has 2 rings (SSSR count). The minimum Gasteiger partial charge on any atom is -0.493 e. The van der Waals surface area contributed by atoms with Crippen LogP contribution in [-0.4, -0.2) is 51.1 Å². The van der Waals surface area contributed by atoms with Crippen molar-refractivity contribution in [2.24, 2.45) is 4.99 Å². The number of aromatic nitrogens is 1. The molecule has 7 nitrogen and oxygen atoms in total. The molecule has 0 amide bonds. The zero-order chi connectivity index (χ0) is 21.8. The lowest BCUT2D eigenvalue weighted by atomic mass is 10.3. The van der Waals surface area contributed by atoms with E-state index in [-0.39, 0.29) is 29.9 Å². The molecule has 0 atom stereocenters. The number of aliphatic imine (C=N–C) groups is 1. The van der Waals surface area contributed by atoms with Crippen molar-refractivity contribution < 1.29 is 27.4 Å². The Kier molecular flexibility index (Phi) is 12.0. The number of methoxy groups -OCH3 is 1. The summed E-state index contributed by atoms with van der Waals surface area (Å²) in [4.78, 5) is 8.03. The monoisotopic (exact) mass is 554 g/mol. The van der Waals surface area contributed by atoms with Gasteiger partial charge in [0.15, 0.2) is 12.6 Å². The van der Waals surface area contributed by atoms with Gasteiger partial charge in [0.25, 0.3) is 0 Å². The minimum atomic E-state index is -4.40. The third-order valence-electron chi connectivity index (χ3n) is 3.72. The fourth-order valence-electron chi connectivity index (χ4n) is 2.32. The Morgan fingerprint density at radius 2 is 1.94 bits per heavy atom. The zero-order valence-corrected chi connectivity index (χ0v) is 19.6. The van der Waals surface area contributed by atoms with Gasteiger partial charge in [-0.2, -0.15) is 13.2 Å². The van der Waals surface area contributed by atoms with Gasteiger partial charge in [-0.1, -0.05) is 12.1 Å². The number of halogens is 4. The third kappa shape index (κ3) is 11.1. The van der Waals surface area contributed by atoms with E-state index in [1.165, 1.54) is 12.3 Å². The summed E-state index contributed by atoms with van der Waals surface area (Å²) in [6.45, 7) is 0.196. The molecule has 172 valence electrons. The summed E-state index contributed by atoms with van der Waals surface area (Å²) in [5.41, 5.74) is 1.55. The summed E-state index contributed by atoms with van der Waals surface area (Å²) in [5, 5.41) is 6.26. The maximum Gasteiger partial charge on any atom is 0.422 e. The second-order valence-corrected chi connectivity index (χ2v) is 6.18. The van der Waals surface area contributed by atoms with Crippen molar-refractivity contribution in [3.63, 3.8) is 0 Å². The van der Waals surface area contributed by atoms with E-state index in [9.17, 15) is 13.2 Å². The average molecular weight is 554 g/mol. The van der Waals surface area contributed by atoms with E-state index in [1.807, 2.05) is 24.3 Å². The molecular weight excluding hydrogens is 528 g/mol. The second kappa shape index (κ2) is 13.9. The van der Waals surface area contributed by atoms with Crippen LogP contribution in [0.4, 0.5) is 18.9 Å². The predicted octanol–water partition coefficient (Wildman–Crippen LogP) is 4.24. The molecule has 1 heterocycles. The molecule has 0 aliphatic carbocycles. The zero-order valence-electron chi connectivity index (χ0n) is 17.2. The smallest absolute Gasteiger partial charge is 0.422 e. The molecular formula is C20H26F3IN4O3. The molecule has 0 saturated heterocycles. The van der Waals surface area contributed by atoms with Gasteiger partial charge in [0.2, 0.25) is 5.88 Å². The van der Waals surface area contributed by atoms with E-state index < -0.39 is 12.8 Å². The Bertz CT molecular complexity index is 805. The van der Waals surface area contributed by atoms with Crippen LogP contribution in [0.5, 0.6) is 11.6 Å². The number of alkyl halides is 3. The molecule has 31 heavy (non-hydrogen) atoms. The van der Waals surface area contributed by atoms with Crippen molar-refractivity contribution in [3.8, 4) is 11.6 Å². The van der Waals surface area contributed by atoms with Crippen LogP contribution >= 0.6 is 24.0 Å². The number of anilines is 1. The first-order valence-corrected chi connectivity index (χ1v) is 9.23. The first-order chi connectivity index (χ1) is 14.4. The molecule has 0 aliphatic heterocycles. The highest BCUT2D eigenvalue weighted by Gasteiger charge is 2.28. The van der Waals surface area contributed by atoms with Gasteiger partial charge in [0.05, 0.1) is 6.61 Å². The molecule has 2 N–H and O–H groups in total. The SMILES string of the molecule is CN=C(NCc1ccc(OCC(F)(F)F)nc1)Nc1cccc(OCCCOC)c1.I. The van der Waals surface area contributed by atoms with E-state index in [4.69, 9.17) is 9.47 Å². The van der Waals surface area contributed by atoms with Gasteiger partial charge in [0, 0.05) is 57.7 Å². The maximum absolute atomic E-state index is 12.2. The van der Waals surface area contributed by atoms with Gasteiger partial charge in [-0.25, -0.2) is 4.98 Å². The number of ether oxygens (including phenoxy) is 3. The first kappa shape index (κ1) is 26.8. The van der Waals surface area contributed by atoms with Crippen molar-refractivity contribution >= 4 is 35.6 Å². The Morgan fingerprint density at radius 3 is 2.58 bits per heavy atom. The number of nitrogens with zero attached hydrogens (tertiary/aromatic N) is 2. The van der Waals surface area contributed by atoms with Crippen LogP contribution < -0.4 is 20.1 Å². The molecule has 0 radical (unpaired) electrons. The highest BCUT2D eigenvalue weighted by molar-refractivity contribution is 14.0. The summed E-state index contributed by atoms with van der Waals surface area (Å²) < 4.78 is 51.8. The highest BCUT2D eigenvalue weighted by atomic mass is 127. The largest absolute Gasteiger partial charge is 0.493 e. The molecule has 0 aliphatic rings. The number of rotatable bonds is 10. The highest BCUT2D eigenvalue weighted by Crippen LogP contribution is 2.18. The van der Waals surface area contributed by atoms with E-state index in [2.05, 4.69) is 25.3 Å². The van der Waals surface area contributed by atoms with Gasteiger partial charge in [0.1, 0.15) is 5.75 Å². The number of nitrogens with one attached hydrogen (secondary N) is 2. The van der Waals surface area contributed by atoms with E-state index >= 15 is 0 Å². The summed E-state index contributed by atoms with van der Waals surface area (Å²) in [7, 11) is 3.28. The van der Waals surface area contributed by atoms with Gasteiger partial charge in [-0.05, 0) is 17.7 Å². The van der Waals surface area contributed by atoms with Crippen molar-refractivity contribution in [1.29, 1.82) is 0 Å². The Balaban J connectivity index is 0.00000480. The molecule has 11 heteroatoms. The molecule has 1 aromatic heterocycles. The van der Waals surface area contributed by atoms with Crippen LogP contribution in [0.15, 0.2) is 47.6 Å². The third-order valence-corrected chi connectivity index (χ3v) is 3.72. The van der Waals surface area contributed by atoms with Gasteiger partial charge in [-0.3, -0.25) is 4.99 Å². The average Bonchev–Trinajstić information content (AvgIpc) is 2.73. The normalized spacial score (nSPS) is 11.5. The van der Waals surface area contributed by atoms with Crippen LogP contribution in [0.25, 0.3) is 0 Å². The van der Waals surface area contributed by atoms with Crippen LogP contribution in [0.3, 0.4) is 0 Å². The maximum atomic E-state index is 12.2. The van der Waals surface area contributed by atoms with E-state index in [0.29, 0.717) is 25.7 Å².